The zero-order valence-corrected chi connectivity index (χ0v) is 9.76. The Kier molecular flexibility index (Phi) is 3.55. The van der Waals surface area contributed by atoms with Crippen molar-refractivity contribution in [1.29, 1.82) is 0 Å². The third kappa shape index (κ3) is 2.41. The van der Waals surface area contributed by atoms with Crippen LogP contribution in [0.3, 0.4) is 0 Å². The van der Waals surface area contributed by atoms with Gasteiger partial charge in [0.1, 0.15) is 0 Å². The molecular formula is C10H19N5O. The van der Waals surface area contributed by atoms with Gasteiger partial charge in [0, 0.05) is 26.3 Å². The summed E-state index contributed by atoms with van der Waals surface area (Å²) < 4.78 is 7.50. The molecule has 0 radical (unpaired) electrons. The lowest BCUT2D eigenvalue weighted by atomic mass is 10.1. The average molecular weight is 225 g/mol. The summed E-state index contributed by atoms with van der Waals surface area (Å²) in [4.78, 5) is 2.24. The highest BCUT2D eigenvalue weighted by Gasteiger charge is 2.28. The van der Waals surface area contributed by atoms with Crippen LogP contribution < -0.4 is 11.3 Å². The predicted octanol–water partition coefficient (Wildman–Crippen LogP) is -0.745. The zero-order valence-electron chi connectivity index (χ0n) is 9.76. The van der Waals surface area contributed by atoms with Crippen molar-refractivity contribution in [2.75, 3.05) is 26.7 Å². The Balaban J connectivity index is 2.09. The summed E-state index contributed by atoms with van der Waals surface area (Å²) in [6.07, 6.45) is 1.96. The lowest BCUT2D eigenvalue weighted by molar-refractivity contribution is -0.0400. The van der Waals surface area contributed by atoms with Crippen LogP contribution in [-0.2, 0) is 11.8 Å². The van der Waals surface area contributed by atoms with E-state index in [9.17, 15) is 0 Å². The van der Waals surface area contributed by atoms with Crippen LogP contribution in [0, 0.1) is 0 Å². The van der Waals surface area contributed by atoms with E-state index >= 15 is 0 Å². The van der Waals surface area contributed by atoms with E-state index in [4.69, 9.17) is 10.6 Å². The maximum absolute atomic E-state index is 5.73. The Morgan fingerprint density at radius 3 is 3.00 bits per heavy atom. The highest BCUT2D eigenvalue weighted by molar-refractivity contribution is 5.08. The van der Waals surface area contributed by atoms with Crippen molar-refractivity contribution >= 4 is 0 Å². The van der Waals surface area contributed by atoms with E-state index in [1.165, 1.54) is 0 Å². The summed E-state index contributed by atoms with van der Waals surface area (Å²) in [6.45, 7) is 2.58. The van der Waals surface area contributed by atoms with Crippen molar-refractivity contribution in [2.45, 2.75) is 12.1 Å². The van der Waals surface area contributed by atoms with Gasteiger partial charge in [0.2, 0.25) is 0 Å². The first kappa shape index (κ1) is 11.5. The summed E-state index contributed by atoms with van der Waals surface area (Å²) in [7, 11) is 3.98. The number of aryl methyl sites for hydroxylation is 1. The summed E-state index contributed by atoms with van der Waals surface area (Å²) >= 11 is 0. The number of hydrogen-bond donors (Lipinski definition) is 2. The third-order valence-electron chi connectivity index (χ3n) is 2.90. The van der Waals surface area contributed by atoms with E-state index in [0.717, 1.165) is 25.4 Å². The molecule has 2 atom stereocenters. The number of ether oxygens (including phenoxy) is 1. The highest BCUT2D eigenvalue weighted by atomic mass is 16.5. The van der Waals surface area contributed by atoms with Crippen molar-refractivity contribution in [3.63, 3.8) is 0 Å². The van der Waals surface area contributed by atoms with Gasteiger partial charge in [-0.25, -0.2) is 5.43 Å². The first-order chi connectivity index (χ1) is 7.70. The third-order valence-corrected chi connectivity index (χ3v) is 2.90. The Bertz CT molecular complexity index is 340. The molecule has 3 N–H and O–H groups in total. The standard InChI is InChI=1S/C10H19N5O/c1-14-5-6-16-9(7-14)10(12-11)8-3-4-15(2)13-8/h3-4,9-10,12H,5-7,11H2,1-2H3. The van der Waals surface area contributed by atoms with Crippen LogP contribution in [0.2, 0.25) is 0 Å². The van der Waals surface area contributed by atoms with Crippen LogP contribution in [0.5, 0.6) is 0 Å². The SMILES string of the molecule is CN1CCOC(C(NN)c2ccn(C)n2)C1. The molecule has 0 aromatic carbocycles. The van der Waals surface area contributed by atoms with Crippen LogP contribution in [0.25, 0.3) is 0 Å². The zero-order chi connectivity index (χ0) is 11.5. The molecule has 1 fully saturated rings. The number of nitrogens with two attached hydrogens (primary N) is 1. The topological polar surface area (TPSA) is 68.3 Å². The number of aromatic nitrogens is 2. The van der Waals surface area contributed by atoms with Crippen LogP contribution >= 0.6 is 0 Å². The lowest BCUT2D eigenvalue weighted by Gasteiger charge is -2.34. The molecule has 0 amide bonds. The molecule has 1 aliphatic heterocycles. The Morgan fingerprint density at radius 1 is 1.62 bits per heavy atom. The molecule has 2 rings (SSSR count). The van der Waals surface area contributed by atoms with Crippen LogP contribution in [0.15, 0.2) is 12.3 Å². The van der Waals surface area contributed by atoms with Crippen LogP contribution in [-0.4, -0.2) is 47.5 Å². The van der Waals surface area contributed by atoms with E-state index < -0.39 is 0 Å². The maximum atomic E-state index is 5.73. The van der Waals surface area contributed by atoms with Gasteiger partial charge in [0.05, 0.1) is 24.4 Å². The summed E-state index contributed by atoms with van der Waals surface area (Å²) in [5.74, 6) is 5.59. The second-order valence-electron chi connectivity index (χ2n) is 4.23. The monoisotopic (exact) mass is 225 g/mol. The van der Waals surface area contributed by atoms with Gasteiger partial charge >= 0.3 is 0 Å². The van der Waals surface area contributed by atoms with Gasteiger partial charge in [-0.1, -0.05) is 0 Å². The van der Waals surface area contributed by atoms with Crippen molar-refractivity contribution in [2.24, 2.45) is 12.9 Å². The molecule has 0 bridgehead atoms. The highest BCUT2D eigenvalue weighted by Crippen LogP contribution is 2.19. The van der Waals surface area contributed by atoms with Gasteiger partial charge in [-0.2, -0.15) is 5.10 Å². The number of nitrogens with one attached hydrogen (secondary N) is 1. The molecule has 90 valence electrons. The quantitative estimate of drug-likeness (QED) is 0.523. The molecule has 0 saturated carbocycles. The first-order valence-electron chi connectivity index (χ1n) is 5.46. The van der Waals surface area contributed by atoms with E-state index in [0.29, 0.717) is 0 Å². The molecule has 0 spiro atoms. The average Bonchev–Trinajstić information content (AvgIpc) is 2.66. The fraction of sp³-hybridized carbons (Fsp3) is 0.700. The van der Waals surface area contributed by atoms with Crippen molar-refractivity contribution in [3.8, 4) is 0 Å². The first-order valence-corrected chi connectivity index (χ1v) is 5.46. The minimum Gasteiger partial charge on any atom is -0.373 e. The molecule has 2 heterocycles. The van der Waals surface area contributed by atoms with E-state index in [2.05, 4.69) is 22.5 Å². The van der Waals surface area contributed by atoms with E-state index in [1.807, 2.05) is 19.3 Å². The number of morpholine rings is 1. The summed E-state index contributed by atoms with van der Waals surface area (Å²) in [6, 6.07) is 1.91. The minimum absolute atomic E-state index is 0.0519. The normalized spacial score (nSPS) is 24.6. The molecule has 0 aliphatic carbocycles. The van der Waals surface area contributed by atoms with E-state index in [-0.39, 0.29) is 12.1 Å². The molecule has 1 aromatic heterocycles. The van der Waals surface area contributed by atoms with Gasteiger partial charge < -0.3 is 9.64 Å². The lowest BCUT2D eigenvalue weighted by Crippen LogP contribution is -2.48. The molecule has 16 heavy (non-hydrogen) atoms. The second-order valence-corrected chi connectivity index (χ2v) is 4.23. The summed E-state index contributed by atoms with van der Waals surface area (Å²) in [5.41, 5.74) is 3.72. The van der Waals surface area contributed by atoms with Gasteiger partial charge in [-0.05, 0) is 13.1 Å². The number of rotatable bonds is 3. The number of likely N-dealkylation sites (N-methyl/N-ethyl adjacent to an activating group) is 1. The fourth-order valence-electron chi connectivity index (χ4n) is 1.99. The molecule has 6 nitrogen and oxygen atoms in total. The largest absolute Gasteiger partial charge is 0.373 e. The van der Waals surface area contributed by atoms with Crippen LogP contribution in [0.4, 0.5) is 0 Å². The number of hydrogen-bond acceptors (Lipinski definition) is 5. The van der Waals surface area contributed by atoms with Gasteiger partial charge in [-0.3, -0.25) is 10.5 Å². The predicted molar refractivity (Wildman–Crippen MR) is 60.5 cm³/mol. The van der Waals surface area contributed by atoms with Crippen molar-refractivity contribution < 1.29 is 4.74 Å². The Labute approximate surface area is 95.3 Å². The second kappa shape index (κ2) is 4.92. The molecular weight excluding hydrogens is 206 g/mol. The fourth-order valence-corrected chi connectivity index (χ4v) is 1.99. The molecule has 1 aromatic rings. The van der Waals surface area contributed by atoms with Crippen molar-refractivity contribution in [3.05, 3.63) is 18.0 Å². The number of hydrazine groups is 1. The molecule has 2 unspecified atom stereocenters. The van der Waals surface area contributed by atoms with E-state index in [1.54, 1.807) is 4.68 Å². The van der Waals surface area contributed by atoms with Crippen molar-refractivity contribution in [1.82, 2.24) is 20.1 Å². The molecule has 6 heteroatoms. The minimum atomic E-state index is -0.0519. The van der Waals surface area contributed by atoms with Gasteiger partial charge in [0.15, 0.2) is 0 Å². The Hall–Kier alpha value is -0.950. The van der Waals surface area contributed by atoms with Crippen LogP contribution in [0.1, 0.15) is 11.7 Å². The maximum Gasteiger partial charge on any atom is 0.0925 e. The van der Waals surface area contributed by atoms with Gasteiger partial charge in [0.25, 0.3) is 0 Å². The molecule has 1 saturated heterocycles. The number of nitrogens with zero attached hydrogens (tertiary/aromatic N) is 3. The van der Waals surface area contributed by atoms with Gasteiger partial charge in [-0.15, -0.1) is 0 Å². The smallest absolute Gasteiger partial charge is 0.0925 e. The Morgan fingerprint density at radius 2 is 2.44 bits per heavy atom. The molecule has 1 aliphatic rings. The summed E-state index contributed by atoms with van der Waals surface area (Å²) in [5, 5.41) is 4.36.